The quantitative estimate of drug-likeness (QED) is 0.729. The Labute approximate surface area is 174 Å². The first kappa shape index (κ1) is 22.3. The van der Waals surface area contributed by atoms with E-state index in [-0.39, 0.29) is 12.4 Å². The molecule has 1 saturated heterocycles. The van der Waals surface area contributed by atoms with Gasteiger partial charge < -0.3 is 19.5 Å². The molecule has 1 aliphatic rings. The van der Waals surface area contributed by atoms with Crippen LogP contribution in [0, 0.1) is 0 Å². The standard InChI is InChI=1S/C22H30N2O3.ClH/c1-3-18-4-8-22(9-5-18)27-17-20(25)16-23-12-14-24(15-13-23)19-6-10-21(26-2)11-7-19;/h4-11,20,25H,3,12-17H2,1-2H3;1H. The molecule has 5 nitrogen and oxygen atoms in total. The minimum atomic E-state index is -0.483. The highest BCUT2D eigenvalue weighted by Crippen LogP contribution is 2.20. The van der Waals surface area contributed by atoms with Crippen LogP contribution < -0.4 is 14.4 Å². The van der Waals surface area contributed by atoms with Gasteiger partial charge in [0, 0.05) is 38.4 Å². The van der Waals surface area contributed by atoms with Crippen LogP contribution in [-0.4, -0.2) is 62.6 Å². The van der Waals surface area contributed by atoms with E-state index in [1.165, 1.54) is 11.3 Å². The van der Waals surface area contributed by atoms with Crippen molar-refractivity contribution in [2.75, 3.05) is 51.3 Å². The number of β-amino-alcohol motifs (C(OH)–C–C–N with tert-alkyl or cyclic N) is 1. The second-order valence-electron chi connectivity index (χ2n) is 6.95. The molecule has 1 N–H and O–H groups in total. The maximum Gasteiger partial charge on any atom is 0.119 e. The number of hydrogen-bond acceptors (Lipinski definition) is 5. The lowest BCUT2D eigenvalue weighted by atomic mass is 10.2. The number of nitrogens with zero attached hydrogens (tertiary/aromatic N) is 2. The number of ether oxygens (including phenoxy) is 2. The van der Waals surface area contributed by atoms with Crippen LogP contribution in [0.3, 0.4) is 0 Å². The van der Waals surface area contributed by atoms with Gasteiger partial charge in [0.15, 0.2) is 0 Å². The SMILES string of the molecule is CCc1ccc(OCC(O)CN2CCN(c3ccc(OC)cc3)CC2)cc1.Cl. The Morgan fingerprint density at radius 2 is 1.54 bits per heavy atom. The first-order chi connectivity index (χ1) is 13.2. The molecular weight excluding hydrogens is 376 g/mol. The summed E-state index contributed by atoms with van der Waals surface area (Å²) in [4.78, 5) is 4.67. The van der Waals surface area contributed by atoms with E-state index in [0.717, 1.165) is 44.1 Å². The number of methoxy groups -OCH3 is 1. The van der Waals surface area contributed by atoms with E-state index < -0.39 is 6.10 Å². The lowest BCUT2D eigenvalue weighted by Crippen LogP contribution is -2.49. The topological polar surface area (TPSA) is 45.2 Å². The van der Waals surface area contributed by atoms with Gasteiger partial charge in [0.2, 0.25) is 0 Å². The highest BCUT2D eigenvalue weighted by molar-refractivity contribution is 5.85. The molecule has 0 radical (unpaired) electrons. The second kappa shape index (κ2) is 11.1. The second-order valence-corrected chi connectivity index (χ2v) is 6.95. The smallest absolute Gasteiger partial charge is 0.119 e. The summed E-state index contributed by atoms with van der Waals surface area (Å²) in [5, 5.41) is 10.3. The van der Waals surface area contributed by atoms with Gasteiger partial charge in [0.1, 0.15) is 24.2 Å². The van der Waals surface area contributed by atoms with E-state index in [9.17, 15) is 5.11 Å². The molecule has 2 aromatic rings. The van der Waals surface area contributed by atoms with Gasteiger partial charge in [-0.1, -0.05) is 19.1 Å². The van der Waals surface area contributed by atoms with Gasteiger partial charge in [0.05, 0.1) is 7.11 Å². The number of anilines is 1. The Hall–Kier alpha value is -1.95. The van der Waals surface area contributed by atoms with E-state index in [2.05, 4.69) is 41.0 Å². The van der Waals surface area contributed by atoms with E-state index >= 15 is 0 Å². The van der Waals surface area contributed by atoms with Crippen LogP contribution in [0.4, 0.5) is 5.69 Å². The minimum Gasteiger partial charge on any atom is -0.497 e. The predicted molar refractivity (Wildman–Crippen MR) is 116 cm³/mol. The van der Waals surface area contributed by atoms with Crippen LogP contribution in [0.5, 0.6) is 11.5 Å². The van der Waals surface area contributed by atoms with Gasteiger partial charge in [-0.2, -0.15) is 0 Å². The molecule has 1 unspecified atom stereocenters. The van der Waals surface area contributed by atoms with Gasteiger partial charge in [-0.25, -0.2) is 0 Å². The summed E-state index contributed by atoms with van der Waals surface area (Å²) in [5.41, 5.74) is 2.51. The number of aryl methyl sites for hydroxylation is 1. The molecule has 2 aromatic carbocycles. The zero-order valence-electron chi connectivity index (χ0n) is 16.7. The van der Waals surface area contributed by atoms with Crippen LogP contribution in [0.1, 0.15) is 12.5 Å². The maximum absolute atomic E-state index is 10.3. The first-order valence-corrected chi connectivity index (χ1v) is 9.69. The van der Waals surface area contributed by atoms with Crippen LogP contribution >= 0.6 is 12.4 Å². The van der Waals surface area contributed by atoms with Crippen molar-refractivity contribution in [2.45, 2.75) is 19.4 Å². The molecule has 0 saturated carbocycles. The third kappa shape index (κ3) is 6.30. The van der Waals surface area contributed by atoms with Crippen LogP contribution in [0.2, 0.25) is 0 Å². The molecule has 0 aliphatic carbocycles. The van der Waals surface area contributed by atoms with E-state index in [0.29, 0.717) is 13.2 Å². The van der Waals surface area contributed by atoms with Gasteiger partial charge in [-0.05, 0) is 48.4 Å². The van der Waals surface area contributed by atoms with Crippen molar-refractivity contribution in [3.05, 3.63) is 54.1 Å². The van der Waals surface area contributed by atoms with Gasteiger partial charge >= 0.3 is 0 Å². The monoisotopic (exact) mass is 406 g/mol. The molecule has 1 atom stereocenters. The van der Waals surface area contributed by atoms with Crippen molar-refractivity contribution in [3.63, 3.8) is 0 Å². The largest absolute Gasteiger partial charge is 0.497 e. The molecule has 0 amide bonds. The fourth-order valence-corrected chi connectivity index (χ4v) is 3.35. The van der Waals surface area contributed by atoms with Crippen LogP contribution in [0.25, 0.3) is 0 Å². The number of halogens is 1. The summed E-state index contributed by atoms with van der Waals surface area (Å²) in [6.45, 7) is 6.89. The maximum atomic E-state index is 10.3. The lowest BCUT2D eigenvalue weighted by molar-refractivity contribution is 0.0663. The van der Waals surface area contributed by atoms with Crippen molar-refractivity contribution in [3.8, 4) is 11.5 Å². The average molecular weight is 407 g/mol. The van der Waals surface area contributed by atoms with Crippen molar-refractivity contribution >= 4 is 18.1 Å². The molecule has 3 rings (SSSR count). The molecule has 1 aliphatic heterocycles. The predicted octanol–water partition coefficient (Wildman–Crippen LogP) is 3.24. The molecular formula is C22H31ClN2O3. The summed E-state index contributed by atoms with van der Waals surface area (Å²) in [5.74, 6) is 1.69. The molecule has 1 fully saturated rings. The summed E-state index contributed by atoms with van der Waals surface area (Å²) in [7, 11) is 1.68. The van der Waals surface area contributed by atoms with Gasteiger partial charge in [0.25, 0.3) is 0 Å². The zero-order chi connectivity index (χ0) is 19.1. The lowest BCUT2D eigenvalue weighted by Gasteiger charge is -2.36. The molecule has 1 heterocycles. The van der Waals surface area contributed by atoms with E-state index in [1.807, 2.05) is 24.3 Å². The fourth-order valence-electron chi connectivity index (χ4n) is 3.35. The van der Waals surface area contributed by atoms with Crippen molar-refractivity contribution in [2.24, 2.45) is 0 Å². The van der Waals surface area contributed by atoms with Crippen molar-refractivity contribution < 1.29 is 14.6 Å². The van der Waals surface area contributed by atoms with Crippen LogP contribution in [-0.2, 0) is 6.42 Å². The van der Waals surface area contributed by atoms with Crippen LogP contribution in [0.15, 0.2) is 48.5 Å². The number of benzene rings is 2. The summed E-state index contributed by atoms with van der Waals surface area (Å²) in [6.07, 6.45) is 0.536. The molecule has 0 bridgehead atoms. The van der Waals surface area contributed by atoms with E-state index in [4.69, 9.17) is 9.47 Å². The van der Waals surface area contributed by atoms with Crippen molar-refractivity contribution in [1.29, 1.82) is 0 Å². The molecule has 6 heteroatoms. The Bertz CT molecular complexity index is 686. The highest BCUT2D eigenvalue weighted by atomic mass is 35.5. The summed E-state index contributed by atoms with van der Waals surface area (Å²) >= 11 is 0. The number of rotatable bonds is 8. The fraction of sp³-hybridized carbons (Fsp3) is 0.455. The highest BCUT2D eigenvalue weighted by Gasteiger charge is 2.19. The Kier molecular flexibility index (Phi) is 8.90. The van der Waals surface area contributed by atoms with Gasteiger partial charge in [-0.3, -0.25) is 4.90 Å². The summed E-state index contributed by atoms with van der Waals surface area (Å²) in [6, 6.07) is 16.3. The Morgan fingerprint density at radius 3 is 2.11 bits per heavy atom. The Balaban J connectivity index is 0.00000280. The summed E-state index contributed by atoms with van der Waals surface area (Å²) < 4.78 is 10.9. The normalized spacial score (nSPS) is 15.6. The zero-order valence-corrected chi connectivity index (χ0v) is 17.5. The number of piperazine rings is 1. The molecule has 0 aromatic heterocycles. The average Bonchev–Trinajstić information content (AvgIpc) is 2.73. The van der Waals surface area contributed by atoms with Crippen molar-refractivity contribution in [1.82, 2.24) is 4.90 Å². The number of aliphatic hydroxyl groups excluding tert-OH is 1. The first-order valence-electron chi connectivity index (χ1n) is 9.69. The third-order valence-electron chi connectivity index (χ3n) is 5.05. The number of aliphatic hydroxyl groups is 1. The molecule has 0 spiro atoms. The number of hydrogen-bond donors (Lipinski definition) is 1. The van der Waals surface area contributed by atoms with Gasteiger partial charge in [-0.15, -0.1) is 12.4 Å². The van der Waals surface area contributed by atoms with E-state index in [1.54, 1.807) is 7.11 Å². The molecule has 154 valence electrons. The molecule has 28 heavy (non-hydrogen) atoms. The Morgan fingerprint density at radius 1 is 0.929 bits per heavy atom. The third-order valence-corrected chi connectivity index (χ3v) is 5.05. The minimum absolute atomic E-state index is 0.